The Kier molecular flexibility index (Phi) is 4.47. The van der Waals surface area contributed by atoms with Gasteiger partial charge in [0, 0.05) is 5.92 Å². The molecule has 4 nitrogen and oxygen atoms in total. The van der Waals surface area contributed by atoms with Gasteiger partial charge in [-0.15, -0.1) is 0 Å². The van der Waals surface area contributed by atoms with Crippen molar-refractivity contribution in [3.05, 3.63) is 29.8 Å². The van der Waals surface area contributed by atoms with Crippen molar-refractivity contribution >= 4 is 10.1 Å². The Morgan fingerprint density at radius 1 is 1.21 bits per heavy atom. The molecule has 0 saturated heterocycles. The van der Waals surface area contributed by atoms with Gasteiger partial charge in [0.25, 0.3) is 10.1 Å². The standard InChI is InChI=1S/C14H20O4S/c1-17-12-7-5-6-11(10-12)13-8-3-4-9-14(13)18-19(2,15)16/h5-7,10,13-14H,3-4,8-9H2,1-2H3/t13-,14-/m0/s1. The van der Waals surface area contributed by atoms with Gasteiger partial charge in [-0.1, -0.05) is 25.0 Å². The van der Waals surface area contributed by atoms with Gasteiger partial charge >= 0.3 is 0 Å². The van der Waals surface area contributed by atoms with Crippen LogP contribution in [0.5, 0.6) is 5.75 Å². The van der Waals surface area contributed by atoms with E-state index in [1.165, 1.54) is 0 Å². The molecule has 0 aromatic heterocycles. The zero-order valence-corrected chi connectivity index (χ0v) is 12.2. The predicted molar refractivity (Wildman–Crippen MR) is 73.9 cm³/mol. The minimum Gasteiger partial charge on any atom is -0.497 e. The molecule has 1 fully saturated rings. The Hall–Kier alpha value is -1.07. The van der Waals surface area contributed by atoms with E-state index in [9.17, 15) is 8.42 Å². The second-order valence-electron chi connectivity index (χ2n) is 5.01. The molecule has 2 atom stereocenters. The van der Waals surface area contributed by atoms with Crippen LogP contribution in [0.25, 0.3) is 0 Å². The highest BCUT2D eigenvalue weighted by atomic mass is 32.2. The van der Waals surface area contributed by atoms with Gasteiger partial charge < -0.3 is 4.74 Å². The quantitative estimate of drug-likeness (QED) is 0.798. The zero-order valence-electron chi connectivity index (χ0n) is 11.3. The maximum atomic E-state index is 11.4. The lowest BCUT2D eigenvalue weighted by molar-refractivity contribution is 0.138. The molecule has 1 saturated carbocycles. The summed E-state index contributed by atoms with van der Waals surface area (Å²) in [6, 6.07) is 7.80. The summed E-state index contributed by atoms with van der Waals surface area (Å²) < 4.78 is 33.2. The first-order chi connectivity index (χ1) is 8.99. The van der Waals surface area contributed by atoms with Gasteiger partial charge in [-0.3, -0.25) is 4.18 Å². The molecule has 19 heavy (non-hydrogen) atoms. The van der Waals surface area contributed by atoms with Crippen molar-refractivity contribution < 1.29 is 17.3 Å². The van der Waals surface area contributed by atoms with E-state index in [4.69, 9.17) is 8.92 Å². The smallest absolute Gasteiger partial charge is 0.264 e. The van der Waals surface area contributed by atoms with Crippen molar-refractivity contribution in [2.75, 3.05) is 13.4 Å². The summed E-state index contributed by atoms with van der Waals surface area (Å²) in [4.78, 5) is 0. The van der Waals surface area contributed by atoms with Crippen LogP contribution in [0.4, 0.5) is 0 Å². The molecule has 1 aliphatic rings. The van der Waals surface area contributed by atoms with E-state index in [0.29, 0.717) is 0 Å². The van der Waals surface area contributed by atoms with Gasteiger partial charge in [-0.2, -0.15) is 8.42 Å². The summed E-state index contributed by atoms with van der Waals surface area (Å²) in [7, 11) is -1.78. The van der Waals surface area contributed by atoms with Crippen molar-refractivity contribution in [2.45, 2.75) is 37.7 Å². The van der Waals surface area contributed by atoms with Crippen LogP contribution in [0.3, 0.4) is 0 Å². The normalized spacial score (nSPS) is 24.1. The summed E-state index contributed by atoms with van der Waals surface area (Å²) >= 11 is 0. The third kappa shape index (κ3) is 3.94. The molecule has 0 spiro atoms. The molecule has 0 amide bonds. The monoisotopic (exact) mass is 284 g/mol. The topological polar surface area (TPSA) is 52.6 Å². The van der Waals surface area contributed by atoms with Crippen LogP contribution >= 0.6 is 0 Å². The summed E-state index contributed by atoms with van der Waals surface area (Å²) in [5.41, 5.74) is 1.09. The number of rotatable bonds is 4. The second kappa shape index (κ2) is 5.92. The maximum absolute atomic E-state index is 11.4. The van der Waals surface area contributed by atoms with E-state index in [1.807, 2.05) is 24.3 Å². The van der Waals surface area contributed by atoms with Crippen LogP contribution in [0.2, 0.25) is 0 Å². The van der Waals surface area contributed by atoms with Gasteiger partial charge in [0.2, 0.25) is 0 Å². The molecular weight excluding hydrogens is 264 g/mol. The van der Waals surface area contributed by atoms with Crippen LogP contribution in [0, 0.1) is 0 Å². The van der Waals surface area contributed by atoms with Crippen molar-refractivity contribution in [1.29, 1.82) is 0 Å². The van der Waals surface area contributed by atoms with Crippen LogP contribution in [-0.4, -0.2) is 27.9 Å². The summed E-state index contributed by atoms with van der Waals surface area (Å²) in [6.07, 6.45) is 4.72. The molecule has 1 aromatic rings. The maximum Gasteiger partial charge on any atom is 0.264 e. The average Bonchev–Trinajstić information content (AvgIpc) is 2.37. The first kappa shape index (κ1) is 14.3. The number of methoxy groups -OCH3 is 1. The van der Waals surface area contributed by atoms with Crippen LogP contribution in [-0.2, 0) is 14.3 Å². The Morgan fingerprint density at radius 3 is 2.63 bits per heavy atom. The van der Waals surface area contributed by atoms with Gasteiger partial charge in [-0.25, -0.2) is 0 Å². The van der Waals surface area contributed by atoms with Crippen LogP contribution in [0.1, 0.15) is 37.2 Å². The van der Waals surface area contributed by atoms with E-state index in [0.717, 1.165) is 43.3 Å². The molecular formula is C14H20O4S. The van der Waals surface area contributed by atoms with E-state index in [2.05, 4.69) is 0 Å². The molecule has 1 aromatic carbocycles. The molecule has 0 unspecified atom stereocenters. The molecule has 0 radical (unpaired) electrons. The van der Waals surface area contributed by atoms with Crippen LogP contribution < -0.4 is 4.74 Å². The molecule has 0 aliphatic heterocycles. The highest BCUT2D eigenvalue weighted by Crippen LogP contribution is 2.36. The lowest BCUT2D eigenvalue weighted by Gasteiger charge is -2.31. The Labute approximate surface area is 114 Å². The van der Waals surface area contributed by atoms with E-state index in [1.54, 1.807) is 7.11 Å². The van der Waals surface area contributed by atoms with E-state index >= 15 is 0 Å². The third-order valence-electron chi connectivity index (χ3n) is 3.52. The average molecular weight is 284 g/mol. The van der Waals surface area contributed by atoms with Crippen molar-refractivity contribution in [3.8, 4) is 5.75 Å². The van der Waals surface area contributed by atoms with E-state index < -0.39 is 10.1 Å². The molecule has 106 valence electrons. The molecule has 2 rings (SSSR count). The number of benzene rings is 1. The van der Waals surface area contributed by atoms with Crippen LogP contribution in [0.15, 0.2) is 24.3 Å². The first-order valence-electron chi connectivity index (χ1n) is 6.52. The van der Waals surface area contributed by atoms with Gasteiger partial charge in [0.1, 0.15) is 5.75 Å². The van der Waals surface area contributed by atoms with Crippen molar-refractivity contribution in [2.24, 2.45) is 0 Å². The minimum atomic E-state index is -3.41. The molecule has 0 bridgehead atoms. The predicted octanol–water partition coefficient (Wildman–Crippen LogP) is 2.70. The lowest BCUT2D eigenvalue weighted by atomic mass is 9.82. The zero-order chi connectivity index (χ0) is 13.9. The summed E-state index contributed by atoms with van der Waals surface area (Å²) in [5.74, 6) is 0.916. The molecule has 5 heteroatoms. The van der Waals surface area contributed by atoms with Crippen molar-refractivity contribution in [1.82, 2.24) is 0 Å². The Morgan fingerprint density at radius 2 is 1.95 bits per heavy atom. The number of hydrogen-bond donors (Lipinski definition) is 0. The van der Waals surface area contributed by atoms with Gasteiger partial charge in [0.05, 0.1) is 19.5 Å². The number of hydrogen-bond acceptors (Lipinski definition) is 4. The fourth-order valence-corrected chi connectivity index (χ4v) is 3.37. The fourth-order valence-electron chi connectivity index (χ4n) is 2.69. The molecule has 1 aliphatic carbocycles. The van der Waals surface area contributed by atoms with Gasteiger partial charge in [-0.05, 0) is 30.5 Å². The Bertz CT molecular complexity index is 524. The minimum absolute atomic E-state index is 0.124. The first-order valence-corrected chi connectivity index (χ1v) is 8.33. The number of ether oxygens (including phenoxy) is 1. The fraction of sp³-hybridized carbons (Fsp3) is 0.571. The largest absolute Gasteiger partial charge is 0.497 e. The molecule has 0 heterocycles. The van der Waals surface area contributed by atoms with Crippen molar-refractivity contribution in [3.63, 3.8) is 0 Å². The SMILES string of the molecule is COc1cccc([C@@H]2CCCC[C@@H]2OS(C)(=O)=O)c1. The summed E-state index contributed by atoms with van der Waals surface area (Å²) in [6.45, 7) is 0. The lowest BCUT2D eigenvalue weighted by Crippen LogP contribution is -2.28. The highest BCUT2D eigenvalue weighted by molar-refractivity contribution is 7.86. The molecule has 0 N–H and O–H groups in total. The van der Waals surface area contributed by atoms with E-state index in [-0.39, 0.29) is 12.0 Å². The third-order valence-corrected chi connectivity index (χ3v) is 4.12. The highest BCUT2D eigenvalue weighted by Gasteiger charge is 2.30. The summed E-state index contributed by atoms with van der Waals surface area (Å²) in [5, 5.41) is 0. The van der Waals surface area contributed by atoms with Gasteiger partial charge in [0.15, 0.2) is 0 Å². The Balaban J connectivity index is 2.23. The second-order valence-corrected chi connectivity index (χ2v) is 6.61.